The zero-order valence-electron chi connectivity index (χ0n) is 15.1. The van der Waals surface area contributed by atoms with Gasteiger partial charge in [-0.15, -0.1) is 0 Å². The van der Waals surface area contributed by atoms with Crippen LogP contribution >= 0.6 is 0 Å². The van der Waals surface area contributed by atoms with Crippen molar-refractivity contribution in [1.82, 2.24) is 9.80 Å². The molecule has 2 heterocycles. The lowest BCUT2D eigenvalue weighted by Gasteiger charge is -2.47. The Morgan fingerprint density at radius 1 is 1.24 bits per heavy atom. The van der Waals surface area contributed by atoms with Crippen LogP contribution in [0.1, 0.15) is 43.2 Å². The zero-order valence-corrected chi connectivity index (χ0v) is 15.1. The Morgan fingerprint density at radius 3 is 2.68 bits per heavy atom. The molecule has 0 radical (unpaired) electrons. The minimum atomic E-state index is -0.112. The molecule has 0 atom stereocenters. The molecule has 2 aliphatic rings. The third-order valence-electron chi connectivity index (χ3n) is 5.85. The van der Waals surface area contributed by atoms with E-state index in [-0.39, 0.29) is 23.7 Å². The minimum Gasteiger partial charge on any atom is -0.396 e. The molecule has 1 amide bonds. The van der Waals surface area contributed by atoms with E-state index in [1.54, 1.807) is 6.07 Å². The predicted octanol–water partition coefficient (Wildman–Crippen LogP) is 2.72. The van der Waals surface area contributed by atoms with Crippen molar-refractivity contribution in [2.24, 2.45) is 5.41 Å². The Hall–Kier alpha value is -1.46. The molecule has 1 aromatic carbocycles. The van der Waals surface area contributed by atoms with Crippen LogP contribution in [0.25, 0.3) is 0 Å². The van der Waals surface area contributed by atoms with Gasteiger partial charge in [0.2, 0.25) is 5.91 Å². The van der Waals surface area contributed by atoms with Crippen molar-refractivity contribution in [3.8, 4) is 0 Å². The number of nitrogens with zero attached hydrogens (tertiary/aromatic N) is 2. The first-order valence-corrected chi connectivity index (χ1v) is 9.37. The summed E-state index contributed by atoms with van der Waals surface area (Å²) in [7, 11) is 0. The monoisotopic (exact) mass is 348 g/mol. The Bertz CT molecular complexity index is 612. The van der Waals surface area contributed by atoms with Crippen molar-refractivity contribution in [3.05, 3.63) is 35.1 Å². The summed E-state index contributed by atoms with van der Waals surface area (Å²) in [6.45, 7) is 6.09. The molecule has 138 valence electrons. The molecule has 0 aliphatic carbocycles. The first-order valence-electron chi connectivity index (χ1n) is 9.37. The number of amides is 1. The molecule has 1 N–H and O–H groups in total. The molecule has 4 nitrogen and oxygen atoms in total. The van der Waals surface area contributed by atoms with Crippen LogP contribution in [0, 0.1) is 18.2 Å². The quantitative estimate of drug-likeness (QED) is 0.890. The van der Waals surface area contributed by atoms with Crippen molar-refractivity contribution in [3.63, 3.8) is 0 Å². The molecule has 1 spiro atoms. The number of benzene rings is 1. The topological polar surface area (TPSA) is 43.8 Å². The molecule has 0 saturated carbocycles. The van der Waals surface area contributed by atoms with Crippen LogP contribution in [0.2, 0.25) is 0 Å². The fraction of sp³-hybridized carbons (Fsp3) is 0.650. The highest BCUT2D eigenvalue weighted by Crippen LogP contribution is 2.40. The SMILES string of the molecule is Cc1ccc(CN2CCC3(CCC(=O)N(CCCO)C3)CC2)c(F)c1. The van der Waals surface area contributed by atoms with Gasteiger partial charge in [0.15, 0.2) is 0 Å². The summed E-state index contributed by atoms with van der Waals surface area (Å²) in [5, 5.41) is 9.02. The number of rotatable bonds is 5. The fourth-order valence-electron chi connectivity index (χ4n) is 4.18. The van der Waals surface area contributed by atoms with E-state index in [4.69, 9.17) is 5.11 Å². The number of carbonyl (C=O) groups is 1. The van der Waals surface area contributed by atoms with Gasteiger partial charge in [-0.1, -0.05) is 12.1 Å². The van der Waals surface area contributed by atoms with Crippen LogP contribution in [0.5, 0.6) is 0 Å². The van der Waals surface area contributed by atoms with Crippen LogP contribution in [0.3, 0.4) is 0 Å². The minimum absolute atomic E-state index is 0.112. The highest BCUT2D eigenvalue weighted by molar-refractivity contribution is 5.77. The average Bonchev–Trinajstić information content (AvgIpc) is 2.60. The van der Waals surface area contributed by atoms with Gasteiger partial charge in [0, 0.05) is 38.2 Å². The number of carbonyl (C=O) groups excluding carboxylic acids is 1. The normalized spacial score (nSPS) is 21.1. The van der Waals surface area contributed by atoms with E-state index in [1.165, 1.54) is 0 Å². The molecule has 1 aromatic rings. The summed E-state index contributed by atoms with van der Waals surface area (Å²) in [6, 6.07) is 5.47. The largest absolute Gasteiger partial charge is 0.396 e. The van der Waals surface area contributed by atoms with Crippen LogP contribution in [0.4, 0.5) is 4.39 Å². The second-order valence-electron chi connectivity index (χ2n) is 7.76. The van der Waals surface area contributed by atoms with E-state index in [0.717, 1.165) is 50.0 Å². The smallest absolute Gasteiger partial charge is 0.222 e. The predicted molar refractivity (Wildman–Crippen MR) is 95.6 cm³/mol. The standard InChI is InChI=1S/C20H29FN2O2/c1-16-3-4-17(18(21)13-16)14-22-10-7-20(8-11-22)6-5-19(25)23(15-20)9-2-12-24/h3-4,13,24H,2,5-12,14-15H2,1H3. The molecule has 0 unspecified atom stereocenters. The molecule has 3 rings (SSSR count). The maximum atomic E-state index is 14.1. The van der Waals surface area contributed by atoms with E-state index in [1.807, 2.05) is 24.0 Å². The molecule has 2 saturated heterocycles. The molecule has 0 aromatic heterocycles. The molecular weight excluding hydrogens is 319 g/mol. The molecule has 2 fully saturated rings. The van der Waals surface area contributed by atoms with Crippen molar-refractivity contribution in [1.29, 1.82) is 0 Å². The lowest BCUT2D eigenvalue weighted by Crippen LogP contribution is -2.51. The van der Waals surface area contributed by atoms with Crippen LogP contribution < -0.4 is 0 Å². The van der Waals surface area contributed by atoms with Gasteiger partial charge in [-0.25, -0.2) is 4.39 Å². The first-order chi connectivity index (χ1) is 12.0. The van der Waals surface area contributed by atoms with Gasteiger partial charge in [-0.2, -0.15) is 0 Å². The van der Waals surface area contributed by atoms with Gasteiger partial charge >= 0.3 is 0 Å². The Kier molecular flexibility index (Phi) is 5.74. The highest BCUT2D eigenvalue weighted by atomic mass is 19.1. The van der Waals surface area contributed by atoms with E-state index < -0.39 is 0 Å². The highest BCUT2D eigenvalue weighted by Gasteiger charge is 2.40. The molecule has 0 bridgehead atoms. The maximum Gasteiger partial charge on any atom is 0.222 e. The Balaban J connectivity index is 1.56. The van der Waals surface area contributed by atoms with Gasteiger partial charge in [0.1, 0.15) is 5.82 Å². The van der Waals surface area contributed by atoms with E-state index in [2.05, 4.69) is 4.90 Å². The van der Waals surface area contributed by atoms with Crippen molar-refractivity contribution >= 4 is 5.91 Å². The number of piperidine rings is 2. The van der Waals surface area contributed by atoms with Gasteiger partial charge in [-0.3, -0.25) is 9.69 Å². The number of aryl methyl sites for hydroxylation is 1. The lowest BCUT2D eigenvalue weighted by atomic mass is 9.72. The summed E-state index contributed by atoms with van der Waals surface area (Å²) in [5.41, 5.74) is 1.93. The molecular formula is C20H29FN2O2. The Labute approximate surface area is 149 Å². The second-order valence-corrected chi connectivity index (χ2v) is 7.76. The maximum absolute atomic E-state index is 14.1. The Morgan fingerprint density at radius 2 is 2.00 bits per heavy atom. The van der Waals surface area contributed by atoms with E-state index >= 15 is 0 Å². The summed E-state index contributed by atoms with van der Waals surface area (Å²) < 4.78 is 14.1. The van der Waals surface area contributed by atoms with Crippen LogP contribution in [-0.4, -0.2) is 53.6 Å². The van der Waals surface area contributed by atoms with Crippen LogP contribution in [0.15, 0.2) is 18.2 Å². The van der Waals surface area contributed by atoms with Gasteiger partial charge in [-0.05, 0) is 62.7 Å². The summed E-state index contributed by atoms with van der Waals surface area (Å²) in [4.78, 5) is 16.4. The number of likely N-dealkylation sites (tertiary alicyclic amines) is 2. The van der Waals surface area contributed by atoms with E-state index in [9.17, 15) is 9.18 Å². The van der Waals surface area contributed by atoms with Crippen LogP contribution in [-0.2, 0) is 11.3 Å². The number of aliphatic hydroxyl groups is 1. The molecule has 25 heavy (non-hydrogen) atoms. The van der Waals surface area contributed by atoms with Crippen molar-refractivity contribution in [2.45, 2.75) is 45.6 Å². The molecule has 5 heteroatoms. The summed E-state index contributed by atoms with van der Waals surface area (Å²) in [6.07, 6.45) is 4.36. The average molecular weight is 348 g/mol. The second kappa shape index (κ2) is 7.83. The van der Waals surface area contributed by atoms with Crippen molar-refractivity contribution in [2.75, 3.05) is 32.8 Å². The molecule has 2 aliphatic heterocycles. The number of aliphatic hydroxyl groups excluding tert-OH is 1. The van der Waals surface area contributed by atoms with Gasteiger partial charge < -0.3 is 10.0 Å². The third kappa shape index (κ3) is 4.39. The number of halogens is 1. The zero-order chi connectivity index (χ0) is 17.9. The lowest BCUT2D eigenvalue weighted by molar-refractivity contribution is -0.139. The number of hydrogen-bond acceptors (Lipinski definition) is 3. The first kappa shape index (κ1) is 18.3. The van der Waals surface area contributed by atoms with E-state index in [0.29, 0.717) is 25.9 Å². The summed E-state index contributed by atoms with van der Waals surface area (Å²) in [5.74, 6) is 0.113. The van der Waals surface area contributed by atoms with Gasteiger partial charge in [0.05, 0.1) is 0 Å². The fourth-order valence-corrected chi connectivity index (χ4v) is 4.18. The summed E-state index contributed by atoms with van der Waals surface area (Å²) >= 11 is 0. The number of hydrogen-bond donors (Lipinski definition) is 1. The van der Waals surface area contributed by atoms with Crippen molar-refractivity contribution < 1.29 is 14.3 Å². The van der Waals surface area contributed by atoms with Gasteiger partial charge in [0.25, 0.3) is 0 Å². The third-order valence-corrected chi connectivity index (χ3v) is 5.85.